The number of halogens is 2. The summed E-state index contributed by atoms with van der Waals surface area (Å²) >= 11 is 0.536. The van der Waals surface area contributed by atoms with Gasteiger partial charge in [-0.1, -0.05) is 42.1 Å². The zero-order chi connectivity index (χ0) is 15.1. The van der Waals surface area contributed by atoms with Crippen LogP contribution < -0.4 is 5.32 Å². The second-order valence-corrected chi connectivity index (χ2v) is 5.48. The molecule has 0 amide bonds. The first-order chi connectivity index (χ1) is 10.1. The quantitative estimate of drug-likeness (QED) is 0.782. The fraction of sp³-hybridized carbons (Fsp3) is 0.333. The van der Waals surface area contributed by atoms with Crippen molar-refractivity contribution in [3.05, 3.63) is 59.5 Å². The molecular weight excluding hydrogens is 296 g/mol. The highest BCUT2D eigenvalue weighted by Gasteiger charge is 2.09. The standard InChI is InChI=1S/C15H17F2NO2S/c16-15(17)21-10-13-7-6-12(20-13)8-18-9-14(19)11-4-2-1-3-5-11/h1-7,14-15,18-19H,8-10H2. The highest BCUT2D eigenvalue weighted by atomic mass is 32.2. The van der Waals surface area contributed by atoms with E-state index in [2.05, 4.69) is 5.32 Å². The lowest BCUT2D eigenvalue weighted by molar-refractivity contribution is 0.173. The summed E-state index contributed by atoms with van der Waals surface area (Å²) in [6, 6.07) is 12.8. The average Bonchev–Trinajstić information content (AvgIpc) is 2.94. The van der Waals surface area contributed by atoms with Crippen molar-refractivity contribution in [1.82, 2.24) is 5.32 Å². The molecule has 3 nitrogen and oxygen atoms in total. The van der Waals surface area contributed by atoms with Gasteiger partial charge in [-0.3, -0.25) is 0 Å². The normalized spacial score (nSPS) is 12.8. The molecule has 0 aliphatic heterocycles. The van der Waals surface area contributed by atoms with E-state index in [0.717, 1.165) is 5.56 Å². The van der Waals surface area contributed by atoms with Crippen molar-refractivity contribution in [3.8, 4) is 0 Å². The van der Waals surface area contributed by atoms with E-state index in [1.165, 1.54) is 0 Å². The lowest BCUT2D eigenvalue weighted by Crippen LogP contribution is -2.20. The van der Waals surface area contributed by atoms with Crippen LogP contribution in [0.25, 0.3) is 0 Å². The molecule has 1 unspecified atom stereocenters. The van der Waals surface area contributed by atoms with E-state index in [9.17, 15) is 13.9 Å². The van der Waals surface area contributed by atoms with E-state index in [4.69, 9.17) is 4.42 Å². The highest BCUT2D eigenvalue weighted by molar-refractivity contribution is 7.98. The van der Waals surface area contributed by atoms with Gasteiger partial charge in [0, 0.05) is 6.54 Å². The Kier molecular flexibility index (Phi) is 6.22. The fourth-order valence-electron chi connectivity index (χ4n) is 1.87. The van der Waals surface area contributed by atoms with Crippen molar-refractivity contribution in [3.63, 3.8) is 0 Å². The number of thioether (sulfide) groups is 1. The number of alkyl halides is 2. The van der Waals surface area contributed by atoms with Gasteiger partial charge in [0.1, 0.15) is 11.5 Å². The van der Waals surface area contributed by atoms with E-state index >= 15 is 0 Å². The van der Waals surface area contributed by atoms with Crippen molar-refractivity contribution >= 4 is 11.8 Å². The summed E-state index contributed by atoms with van der Waals surface area (Å²) in [5.74, 6) is -1.04. The van der Waals surface area contributed by atoms with Gasteiger partial charge in [-0.15, -0.1) is 0 Å². The van der Waals surface area contributed by atoms with Crippen molar-refractivity contribution < 1.29 is 18.3 Å². The molecule has 2 N–H and O–H groups in total. The molecule has 1 heterocycles. The van der Waals surface area contributed by atoms with Crippen LogP contribution >= 0.6 is 11.8 Å². The molecule has 114 valence electrons. The molecule has 0 radical (unpaired) electrons. The topological polar surface area (TPSA) is 45.4 Å². The number of hydrogen-bond donors (Lipinski definition) is 2. The summed E-state index contributed by atoms with van der Waals surface area (Å²) in [5.41, 5.74) is 0.846. The molecule has 21 heavy (non-hydrogen) atoms. The monoisotopic (exact) mass is 313 g/mol. The Morgan fingerprint density at radius 2 is 1.81 bits per heavy atom. The van der Waals surface area contributed by atoms with E-state index in [0.29, 0.717) is 36.4 Å². The van der Waals surface area contributed by atoms with Crippen LogP contribution in [0, 0.1) is 0 Å². The Balaban J connectivity index is 1.73. The number of aliphatic hydroxyl groups is 1. The third-order valence-corrected chi connectivity index (χ3v) is 3.59. The minimum atomic E-state index is -2.39. The van der Waals surface area contributed by atoms with Crippen LogP contribution in [0.15, 0.2) is 46.9 Å². The number of benzene rings is 1. The number of furan rings is 1. The third kappa shape index (κ3) is 5.49. The maximum absolute atomic E-state index is 12.1. The van der Waals surface area contributed by atoms with Crippen LogP contribution in [0.5, 0.6) is 0 Å². The van der Waals surface area contributed by atoms with Crippen molar-refractivity contribution in [2.45, 2.75) is 24.2 Å². The van der Waals surface area contributed by atoms with E-state index in [1.54, 1.807) is 12.1 Å². The molecule has 6 heteroatoms. The smallest absolute Gasteiger partial charge is 0.284 e. The Morgan fingerprint density at radius 1 is 1.10 bits per heavy atom. The van der Waals surface area contributed by atoms with E-state index in [1.807, 2.05) is 30.3 Å². The minimum absolute atomic E-state index is 0.157. The summed E-state index contributed by atoms with van der Waals surface area (Å²) in [7, 11) is 0. The van der Waals surface area contributed by atoms with Gasteiger partial charge >= 0.3 is 0 Å². The van der Waals surface area contributed by atoms with Gasteiger partial charge < -0.3 is 14.8 Å². The minimum Gasteiger partial charge on any atom is -0.464 e. The molecule has 0 saturated heterocycles. The lowest BCUT2D eigenvalue weighted by atomic mass is 10.1. The molecule has 1 atom stereocenters. The molecule has 2 rings (SSSR count). The predicted octanol–water partition coefficient (Wildman–Crippen LogP) is 3.56. The Bertz CT molecular complexity index is 533. The molecule has 1 aromatic heterocycles. The van der Waals surface area contributed by atoms with Gasteiger partial charge in [-0.25, -0.2) is 0 Å². The maximum Gasteiger partial charge on any atom is 0.284 e. The summed E-state index contributed by atoms with van der Waals surface area (Å²) in [5, 5.41) is 13.0. The van der Waals surface area contributed by atoms with Crippen LogP contribution in [0.2, 0.25) is 0 Å². The second kappa shape index (κ2) is 8.17. The molecule has 0 bridgehead atoms. The van der Waals surface area contributed by atoms with Gasteiger partial charge in [0.15, 0.2) is 0 Å². The first-order valence-electron chi connectivity index (χ1n) is 6.56. The SMILES string of the molecule is OC(CNCc1ccc(CSC(F)F)o1)c1ccccc1. The van der Waals surface area contributed by atoms with Crippen LogP contribution in [-0.4, -0.2) is 17.4 Å². The number of rotatable bonds is 8. The average molecular weight is 313 g/mol. The van der Waals surface area contributed by atoms with Crippen LogP contribution in [0.1, 0.15) is 23.2 Å². The molecule has 1 aromatic carbocycles. The van der Waals surface area contributed by atoms with Crippen LogP contribution in [-0.2, 0) is 12.3 Å². The largest absolute Gasteiger partial charge is 0.464 e. The molecule has 0 spiro atoms. The molecule has 0 aliphatic rings. The van der Waals surface area contributed by atoms with Gasteiger partial charge in [-0.2, -0.15) is 8.78 Å². The number of hydrogen-bond acceptors (Lipinski definition) is 4. The third-order valence-electron chi connectivity index (χ3n) is 2.89. The summed E-state index contributed by atoms with van der Waals surface area (Å²) in [6.45, 7) is 0.842. The maximum atomic E-state index is 12.1. The van der Waals surface area contributed by atoms with Gasteiger partial charge in [0.05, 0.1) is 18.4 Å². The Morgan fingerprint density at radius 3 is 2.52 bits per heavy atom. The molecular formula is C15H17F2NO2S. The van der Waals surface area contributed by atoms with Crippen molar-refractivity contribution in [2.24, 2.45) is 0 Å². The van der Waals surface area contributed by atoms with Gasteiger partial charge in [0.2, 0.25) is 0 Å². The zero-order valence-electron chi connectivity index (χ0n) is 11.3. The van der Waals surface area contributed by atoms with E-state index in [-0.39, 0.29) is 5.75 Å². The van der Waals surface area contributed by atoms with Crippen LogP contribution in [0.4, 0.5) is 8.78 Å². The zero-order valence-corrected chi connectivity index (χ0v) is 12.2. The highest BCUT2D eigenvalue weighted by Crippen LogP contribution is 2.21. The summed E-state index contributed by atoms with van der Waals surface area (Å²) in [4.78, 5) is 0. The number of nitrogens with one attached hydrogen (secondary N) is 1. The van der Waals surface area contributed by atoms with Gasteiger partial charge in [0.25, 0.3) is 5.76 Å². The molecule has 2 aromatic rings. The molecule has 0 aliphatic carbocycles. The van der Waals surface area contributed by atoms with Gasteiger partial charge in [-0.05, 0) is 17.7 Å². The molecule has 0 saturated carbocycles. The first-order valence-corrected chi connectivity index (χ1v) is 7.61. The predicted molar refractivity (Wildman–Crippen MR) is 79.1 cm³/mol. The van der Waals surface area contributed by atoms with Crippen molar-refractivity contribution in [1.29, 1.82) is 0 Å². The fourth-order valence-corrected chi connectivity index (χ4v) is 2.31. The van der Waals surface area contributed by atoms with E-state index < -0.39 is 11.9 Å². The van der Waals surface area contributed by atoms with Crippen molar-refractivity contribution in [2.75, 3.05) is 6.54 Å². The van der Waals surface area contributed by atoms with Crippen LogP contribution in [0.3, 0.4) is 0 Å². The lowest BCUT2D eigenvalue weighted by Gasteiger charge is -2.11. The Labute approximate surface area is 126 Å². The summed E-state index contributed by atoms with van der Waals surface area (Å²) < 4.78 is 29.5. The molecule has 0 fully saturated rings. The second-order valence-electron chi connectivity index (χ2n) is 4.50. The number of aliphatic hydroxyl groups excluding tert-OH is 1. The summed E-state index contributed by atoms with van der Waals surface area (Å²) in [6.07, 6.45) is -0.588. The first kappa shape index (κ1) is 16.0. The Hall–Kier alpha value is -1.37.